The van der Waals surface area contributed by atoms with E-state index >= 15 is 0 Å². The van der Waals surface area contributed by atoms with Crippen molar-refractivity contribution in [3.05, 3.63) is 54.1 Å². The number of likely N-dealkylation sites (N-methyl/N-ethyl adjacent to an activating group) is 1. The van der Waals surface area contributed by atoms with Gasteiger partial charge >= 0.3 is 0 Å². The number of amides is 1. The molecule has 0 unspecified atom stereocenters. The van der Waals surface area contributed by atoms with Crippen molar-refractivity contribution >= 4 is 40.3 Å². The summed E-state index contributed by atoms with van der Waals surface area (Å²) < 4.78 is 5.38. The predicted molar refractivity (Wildman–Crippen MR) is 123 cm³/mol. The van der Waals surface area contributed by atoms with Crippen LogP contribution in [-0.2, 0) is 16.0 Å². The van der Waals surface area contributed by atoms with E-state index in [0.29, 0.717) is 5.11 Å². The molecule has 2 N–H and O–H groups in total. The van der Waals surface area contributed by atoms with Crippen molar-refractivity contribution in [1.29, 1.82) is 0 Å². The number of carbonyl (C=O) groups excluding carboxylic acids is 1. The zero-order valence-corrected chi connectivity index (χ0v) is 17.8. The number of ether oxygens (including phenoxy) is 1. The first kappa shape index (κ1) is 21.1. The van der Waals surface area contributed by atoms with Crippen LogP contribution in [0.1, 0.15) is 12.5 Å². The Balaban J connectivity index is 1.48. The first-order valence-electron chi connectivity index (χ1n) is 9.89. The molecule has 154 valence electrons. The molecule has 0 spiro atoms. The van der Waals surface area contributed by atoms with Gasteiger partial charge in [-0.1, -0.05) is 19.1 Å². The molecule has 0 bridgehead atoms. The van der Waals surface area contributed by atoms with Gasteiger partial charge in [0, 0.05) is 37.2 Å². The van der Waals surface area contributed by atoms with Crippen molar-refractivity contribution in [3.63, 3.8) is 0 Å². The predicted octanol–water partition coefficient (Wildman–Crippen LogP) is 3.35. The molecule has 1 aliphatic rings. The first-order chi connectivity index (χ1) is 14.0. The minimum absolute atomic E-state index is 0.114. The van der Waals surface area contributed by atoms with Crippen LogP contribution in [0.25, 0.3) is 0 Å². The topological polar surface area (TPSA) is 56.8 Å². The number of carbonyl (C=O) groups is 1. The Bertz CT molecular complexity index is 818. The molecule has 1 amide bonds. The molecule has 0 aliphatic carbocycles. The molecule has 1 saturated heterocycles. The maximum absolute atomic E-state index is 12.4. The third kappa shape index (κ3) is 6.17. The van der Waals surface area contributed by atoms with Crippen LogP contribution in [0.5, 0.6) is 0 Å². The molecule has 7 heteroatoms. The van der Waals surface area contributed by atoms with Crippen LogP contribution in [0.4, 0.5) is 17.1 Å². The smallest absolute Gasteiger partial charge is 0.243 e. The lowest BCUT2D eigenvalue weighted by molar-refractivity contribution is -0.116. The minimum Gasteiger partial charge on any atom is -0.378 e. The van der Waals surface area contributed by atoms with E-state index in [1.54, 1.807) is 11.9 Å². The Labute approximate surface area is 177 Å². The van der Waals surface area contributed by atoms with Crippen LogP contribution in [-0.4, -0.2) is 55.8 Å². The van der Waals surface area contributed by atoms with Crippen LogP contribution >= 0.6 is 12.2 Å². The fourth-order valence-electron chi connectivity index (χ4n) is 3.11. The molecule has 0 radical (unpaired) electrons. The highest BCUT2D eigenvalue weighted by Gasteiger charge is 2.13. The molecular weight excluding hydrogens is 384 g/mol. The third-order valence-corrected chi connectivity index (χ3v) is 5.28. The van der Waals surface area contributed by atoms with E-state index in [1.165, 1.54) is 5.56 Å². The van der Waals surface area contributed by atoms with Gasteiger partial charge in [0.05, 0.1) is 19.8 Å². The fraction of sp³-hybridized carbons (Fsp3) is 0.364. The summed E-state index contributed by atoms with van der Waals surface area (Å²) in [5.41, 5.74) is 4.10. The number of hydrogen-bond acceptors (Lipinski definition) is 4. The summed E-state index contributed by atoms with van der Waals surface area (Å²) in [5, 5.41) is 6.60. The fourth-order valence-corrected chi connectivity index (χ4v) is 3.29. The van der Waals surface area contributed by atoms with Crippen molar-refractivity contribution in [1.82, 2.24) is 4.90 Å². The highest BCUT2D eigenvalue weighted by molar-refractivity contribution is 7.80. The molecule has 6 nitrogen and oxygen atoms in total. The molecule has 0 saturated carbocycles. The second-order valence-corrected chi connectivity index (χ2v) is 7.42. The number of aryl methyl sites for hydroxylation is 1. The van der Waals surface area contributed by atoms with Crippen molar-refractivity contribution in [2.24, 2.45) is 0 Å². The molecule has 1 fully saturated rings. The number of thiocarbonyl (C=S) groups is 1. The van der Waals surface area contributed by atoms with Crippen LogP contribution < -0.4 is 15.5 Å². The molecule has 29 heavy (non-hydrogen) atoms. The number of morpholine rings is 1. The van der Waals surface area contributed by atoms with Gasteiger partial charge in [0.25, 0.3) is 0 Å². The third-order valence-electron chi connectivity index (χ3n) is 4.87. The molecule has 3 rings (SSSR count). The van der Waals surface area contributed by atoms with Gasteiger partial charge in [-0.15, -0.1) is 0 Å². The molecule has 2 aromatic carbocycles. The van der Waals surface area contributed by atoms with Gasteiger partial charge in [-0.05, 0) is 60.6 Å². The van der Waals surface area contributed by atoms with E-state index in [-0.39, 0.29) is 12.5 Å². The lowest BCUT2D eigenvalue weighted by Crippen LogP contribution is -2.37. The normalized spacial score (nSPS) is 13.7. The van der Waals surface area contributed by atoms with Gasteiger partial charge in [-0.3, -0.25) is 4.79 Å². The Morgan fingerprint density at radius 3 is 2.24 bits per heavy atom. The first-order valence-corrected chi connectivity index (χ1v) is 10.3. The Morgan fingerprint density at radius 2 is 1.62 bits per heavy atom. The average Bonchev–Trinajstić information content (AvgIpc) is 2.75. The van der Waals surface area contributed by atoms with E-state index in [0.717, 1.165) is 49.8 Å². The van der Waals surface area contributed by atoms with Gasteiger partial charge in [-0.2, -0.15) is 0 Å². The van der Waals surface area contributed by atoms with Crippen LogP contribution in [0.15, 0.2) is 48.5 Å². The van der Waals surface area contributed by atoms with Crippen molar-refractivity contribution in [3.8, 4) is 0 Å². The SMILES string of the molecule is CCc1ccc(NC(=S)N(C)CC(=O)Nc2ccc(N3CCOCC3)cc2)cc1. The number of nitrogens with one attached hydrogen (secondary N) is 2. The summed E-state index contributed by atoms with van der Waals surface area (Å²) in [6, 6.07) is 16.0. The number of nitrogens with zero attached hydrogens (tertiary/aromatic N) is 2. The van der Waals surface area contributed by atoms with E-state index in [1.807, 2.05) is 36.4 Å². The van der Waals surface area contributed by atoms with Crippen molar-refractivity contribution < 1.29 is 9.53 Å². The molecular formula is C22H28N4O2S. The molecule has 1 aliphatic heterocycles. The van der Waals surface area contributed by atoms with Crippen LogP contribution in [0.2, 0.25) is 0 Å². The van der Waals surface area contributed by atoms with Gasteiger partial charge < -0.3 is 25.2 Å². The quantitative estimate of drug-likeness (QED) is 0.710. The van der Waals surface area contributed by atoms with E-state index in [9.17, 15) is 4.79 Å². The average molecular weight is 413 g/mol. The van der Waals surface area contributed by atoms with E-state index < -0.39 is 0 Å². The number of benzene rings is 2. The molecule has 1 heterocycles. The Kier molecular flexibility index (Phi) is 7.43. The lowest BCUT2D eigenvalue weighted by Gasteiger charge is -2.29. The lowest BCUT2D eigenvalue weighted by atomic mass is 10.1. The van der Waals surface area contributed by atoms with Crippen molar-refractivity contribution in [2.45, 2.75) is 13.3 Å². The maximum atomic E-state index is 12.4. The number of anilines is 3. The van der Waals surface area contributed by atoms with Gasteiger partial charge in [-0.25, -0.2) is 0 Å². The van der Waals surface area contributed by atoms with Gasteiger partial charge in [0.1, 0.15) is 0 Å². The highest BCUT2D eigenvalue weighted by atomic mass is 32.1. The second-order valence-electron chi connectivity index (χ2n) is 7.03. The van der Waals surface area contributed by atoms with E-state index in [2.05, 4.69) is 34.6 Å². The second kappa shape index (κ2) is 10.2. The largest absolute Gasteiger partial charge is 0.378 e. The van der Waals surface area contributed by atoms with Crippen LogP contribution in [0.3, 0.4) is 0 Å². The minimum atomic E-state index is -0.114. The maximum Gasteiger partial charge on any atom is 0.243 e. The van der Waals surface area contributed by atoms with Crippen LogP contribution in [0, 0.1) is 0 Å². The summed E-state index contributed by atoms with van der Waals surface area (Å²) in [5.74, 6) is -0.114. The summed E-state index contributed by atoms with van der Waals surface area (Å²) in [6.07, 6.45) is 0.998. The zero-order chi connectivity index (χ0) is 20.6. The van der Waals surface area contributed by atoms with E-state index in [4.69, 9.17) is 17.0 Å². The molecule has 0 atom stereocenters. The zero-order valence-electron chi connectivity index (χ0n) is 17.0. The van der Waals surface area contributed by atoms with Gasteiger partial charge in [0.15, 0.2) is 5.11 Å². The number of rotatable bonds is 6. The summed E-state index contributed by atoms with van der Waals surface area (Å²) in [6.45, 7) is 5.58. The summed E-state index contributed by atoms with van der Waals surface area (Å²) in [7, 11) is 1.80. The molecule has 0 aromatic heterocycles. The monoisotopic (exact) mass is 412 g/mol. The molecule has 2 aromatic rings. The summed E-state index contributed by atoms with van der Waals surface area (Å²) in [4.78, 5) is 16.4. The Hall–Kier alpha value is -2.64. The van der Waals surface area contributed by atoms with Gasteiger partial charge in [0.2, 0.25) is 5.91 Å². The Morgan fingerprint density at radius 1 is 1.03 bits per heavy atom. The standard InChI is InChI=1S/C22H28N4O2S/c1-3-17-4-6-19(7-5-17)24-22(29)25(2)16-21(27)23-18-8-10-20(11-9-18)26-12-14-28-15-13-26/h4-11H,3,12-16H2,1-2H3,(H,23,27)(H,24,29). The highest BCUT2D eigenvalue weighted by Crippen LogP contribution is 2.19. The van der Waals surface area contributed by atoms with Crippen molar-refractivity contribution in [2.75, 3.05) is 55.4 Å². The number of hydrogen-bond donors (Lipinski definition) is 2. The summed E-state index contributed by atoms with van der Waals surface area (Å²) >= 11 is 5.41.